The number of hydrogen-bond donors (Lipinski definition) is 0. The van der Waals surface area contributed by atoms with Gasteiger partial charge in [-0.2, -0.15) is 5.06 Å². The molecule has 122 valence electrons. The van der Waals surface area contributed by atoms with Gasteiger partial charge in [0.2, 0.25) is 0 Å². The number of nitrogens with zero attached hydrogens (tertiary/aromatic N) is 1. The minimum atomic E-state index is -0.189. The lowest BCUT2D eigenvalue weighted by molar-refractivity contribution is -0.180. The molecule has 0 radical (unpaired) electrons. The fraction of sp³-hybridized carbons (Fsp3) is 0.625. The molecule has 0 aromatic heterocycles. The number of ether oxygens (including phenoxy) is 4. The van der Waals surface area contributed by atoms with Gasteiger partial charge in [0, 0.05) is 13.0 Å². The van der Waals surface area contributed by atoms with Crippen molar-refractivity contribution in [3.63, 3.8) is 0 Å². The van der Waals surface area contributed by atoms with E-state index in [0.29, 0.717) is 13.2 Å². The molecular formula is C16H23NO5. The molecule has 2 saturated heterocycles. The molecule has 2 heterocycles. The van der Waals surface area contributed by atoms with E-state index in [1.54, 1.807) is 14.2 Å². The van der Waals surface area contributed by atoms with Crippen LogP contribution >= 0.6 is 0 Å². The molecule has 2 aliphatic rings. The quantitative estimate of drug-likeness (QED) is 0.851. The summed E-state index contributed by atoms with van der Waals surface area (Å²) < 4.78 is 22.1. The number of benzene rings is 1. The van der Waals surface area contributed by atoms with Crippen molar-refractivity contribution in [2.75, 3.05) is 34.5 Å². The van der Waals surface area contributed by atoms with Crippen molar-refractivity contribution in [1.29, 1.82) is 0 Å². The summed E-state index contributed by atoms with van der Waals surface area (Å²) >= 11 is 0. The summed E-state index contributed by atoms with van der Waals surface area (Å²) in [5, 5.41) is 1.89. The fourth-order valence-electron chi connectivity index (χ4n) is 3.20. The Balaban J connectivity index is 1.89. The Bertz CT molecular complexity index is 523. The summed E-state index contributed by atoms with van der Waals surface area (Å²) in [4.78, 5) is 5.95. The third-order valence-electron chi connectivity index (χ3n) is 4.34. The van der Waals surface area contributed by atoms with Crippen molar-refractivity contribution in [3.8, 4) is 11.5 Å². The number of rotatable bonds is 3. The molecule has 4 unspecified atom stereocenters. The summed E-state index contributed by atoms with van der Waals surface area (Å²) in [7, 11) is 5.22. The summed E-state index contributed by atoms with van der Waals surface area (Å²) in [5.74, 6) is 1.66. The number of hydroxylamine groups is 2. The van der Waals surface area contributed by atoms with Crippen LogP contribution in [0.15, 0.2) is 18.2 Å². The maximum atomic E-state index is 5.95. The second-order valence-corrected chi connectivity index (χ2v) is 5.65. The molecule has 6 nitrogen and oxygen atoms in total. The lowest BCUT2D eigenvalue weighted by Crippen LogP contribution is -2.26. The van der Waals surface area contributed by atoms with Gasteiger partial charge in [-0.3, -0.25) is 4.84 Å². The van der Waals surface area contributed by atoms with Crippen molar-refractivity contribution in [2.24, 2.45) is 5.92 Å². The van der Waals surface area contributed by atoms with E-state index in [2.05, 4.69) is 0 Å². The first kappa shape index (κ1) is 15.6. The van der Waals surface area contributed by atoms with Crippen LogP contribution in [0.3, 0.4) is 0 Å². The Morgan fingerprint density at radius 1 is 1.09 bits per heavy atom. The zero-order valence-corrected chi connectivity index (χ0v) is 13.4. The average Bonchev–Trinajstić information content (AvgIpc) is 2.74. The lowest BCUT2D eigenvalue weighted by Gasteiger charge is -2.24. The molecule has 4 atom stereocenters. The molecule has 0 saturated carbocycles. The molecule has 2 aliphatic heterocycles. The Morgan fingerprint density at radius 3 is 2.55 bits per heavy atom. The van der Waals surface area contributed by atoms with Gasteiger partial charge in [-0.1, -0.05) is 6.07 Å². The predicted octanol–water partition coefficient (Wildman–Crippen LogP) is 2.00. The number of methoxy groups -OCH3 is 2. The van der Waals surface area contributed by atoms with Gasteiger partial charge in [0.15, 0.2) is 17.8 Å². The van der Waals surface area contributed by atoms with E-state index in [1.165, 1.54) is 0 Å². The Hall–Kier alpha value is -1.34. The van der Waals surface area contributed by atoms with Gasteiger partial charge in [0.1, 0.15) is 6.10 Å². The van der Waals surface area contributed by atoms with E-state index in [-0.39, 0.29) is 24.4 Å². The van der Waals surface area contributed by atoms with Crippen LogP contribution in [0.4, 0.5) is 0 Å². The van der Waals surface area contributed by atoms with Crippen LogP contribution in [-0.2, 0) is 14.3 Å². The molecule has 6 heteroatoms. The van der Waals surface area contributed by atoms with Gasteiger partial charge in [0.05, 0.1) is 33.5 Å². The van der Waals surface area contributed by atoms with Crippen LogP contribution in [0.2, 0.25) is 0 Å². The monoisotopic (exact) mass is 309 g/mol. The molecule has 2 fully saturated rings. The first-order valence-electron chi connectivity index (χ1n) is 7.48. The van der Waals surface area contributed by atoms with E-state index < -0.39 is 0 Å². The van der Waals surface area contributed by atoms with Crippen LogP contribution in [0.25, 0.3) is 0 Å². The third kappa shape index (κ3) is 2.79. The highest BCUT2D eigenvalue weighted by Gasteiger charge is 2.44. The maximum Gasteiger partial charge on any atom is 0.161 e. The molecule has 3 rings (SSSR count). The van der Waals surface area contributed by atoms with Crippen LogP contribution in [0.1, 0.15) is 18.5 Å². The van der Waals surface area contributed by atoms with E-state index in [4.69, 9.17) is 23.8 Å². The third-order valence-corrected chi connectivity index (χ3v) is 4.34. The molecule has 1 aromatic carbocycles. The van der Waals surface area contributed by atoms with Gasteiger partial charge < -0.3 is 18.9 Å². The summed E-state index contributed by atoms with van der Waals surface area (Å²) in [6.07, 6.45) is -0.182. The molecule has 0 aliphatic carbocycles. The average molecular weight is 309 g/mol. The predicted molar refractivity (Wildman–Crippen MR) is 79.8 cm³/mol. The summed E-state index contributed by atoms with van der Waals surface area (Å²) in [5.41, 5.74) is 1.12. The Labute approximate surface area is 130 Å². The Morgan fingerprint density at radius 2 is 1.82 bits per heavy atom. The van der Waals surface area contributed by atoms with Crippen molar-refractivity contribution < 1.29 is 23.8 Å². The van der Waals surface area contributed by atoms with Gasteiger partial charge in [-0.15, -0.1) is 0 Å². The van der Waals surface area contributed by atoms with Crippen LogP contribution in [0, 0.1) is 5.92 Å². The van der Waals surface area contributed by atoms with E-state index in [1.807, 2.05) is 37.2 Å². The topological polar surface area (TPSA) is 49.4 Å². The zero-order chi connectivity index (χ0) is 15.7. The molecule has 0 bridgehead atoms. The second-order valence-electron chi connectivity index (χ2n) is 5.65. The van der Waals surface area contributed by atoms with Crippen molar-refractivity contribution in [3.05, 3.63) is 23.8 Å². The van der Waals surface area contributed by atoms with Gasteiger partial charge in [-0.05, 0) is 24.6 Å². The maximum absolute atomic E-state index is 5.95. The SMILES string of the molecule is COc1ccc(C2C3COC(C)OCC3ON2C)cc1OC. The van der Waals surface area contributed by atoms with Crippen molar-refractivity contribution in [2.45, 2.75) is 25.4 Å². The van der Waals surface area contributed by atoms with E-state index in [9.17, 15) is 0 Å². The smallest absolute Gasteiger partial charge is 0.161 e. The van der Waals surface area contributed by atoms with Crippen LogP contribution < -0.4 is 9.47 Å². The molecule has 1 aromatic rings. The highest BCUT2D eigenvalue weighted by Crippen LogP contribution is 2.42. The minimum absolute atomic E-state index is 0.00745. The van der Waals surface area contributed by atoms with Crippen molar-refractivity contribution >= 4 is 0 Å². The minimum Gasteiger partial charge on any atom is -0.493 e. The Kier molecular flexibility index (Phi) is 4.54. The highest BCUT2D eigenvalue weighted by molar-refractivity contribution is 5.44. The molecule has 0 spiro atoms. The van der Waals surface area contributed by atoms with Crippen LogP contribution in [-0.4, -0.2) is 51.9 Å². The lowest BCUT2D eigenvalue weighted by atomic mass is 9.90. The van der Waals surface area contributed by atoms with Crippen molar-refractivity contribution in [1.82, 2.24) is 5.06 Å². The van der Waals surface area contributed by atoms with E-state index in [0.717, 1.165) is 17.1 Å². The first-order valence-corrected chi connectivity index (χ1v) is 7.48. The molecule has 22 heavy (non-hydrogen) atoms. The zero-order valence-electron chi connectivity index (χ0n) is 13.4. The second kappa shape index (κ2) is 6.42. The van der Waals surface area contributed by atoms with Gasteiger partial charge in [0.25, 0.3) is 0 Å². The number of fused-ring (bicyclic) bond motifs is 1. The van der Waals surface area contributed by atoms with E-state index >= 15 is 0 Å². The fourth-order valence-corrected chi connectivity index (χ4v) is 3.20. The van der Waals surface area contributed by atoms with Gasteiger partial charge in [-0.25, -0.2) is 0 Å². The molecule has 0 amide bonds. The summed E-state index contributed by atoms with van der Waals surface area (Å²) in [6.45, 7) is 3.06. The standard InChI is InChI=1S/C16H23NO5/c1-10-20-8-12-15(9-21-10)22-17(2)16(12)11-5-6-13(18-3)14(7-11)19-4/h5-7,10,12,15-16H,8-9H2,1-4H3. The largest absolute Gasteiger partial charge is 0.493 e. The highest BCUT2D eigenvalue weighted by atomic mass is 16.7. The first-order chi connectivity index (χ1) is 10.6. The molecule has 0 N–H and O–H groups in total. The molecular weight excluding hydrogens is 286 g/mol. The summed E-state index contributed by atoms with van der Waals surface area (Å²) in [6, 6.07) is 6.06. The number of hydrogen-bond acceptors (Lipinski definition) is 6. The van der Waals surface area contributed by atoms with Gasteiger partial charge >= 0.3 is 0 Å². The normalized spacial score (nSPS) is 32.4. The van der Waals surface area contributed by atoms with Crippen LogP contribution in [0.5, 0.6) is 11.5 Å².